The Bertz CT molecular complexity index is 112. The summed E-state index contributed by atoms with van der Waals surface area (Å²) in [5.74, 6) is -0.310. The molecule has 0 rings (SSSR count). The van der Waals surface area contributed by atoms with E-state index in [1.807, 2.05) is 0 Å². The van der Waals surface area contributed by atoms with Crippen LogP contribution in [0.5, 0.6) is 0 Å². The normalized spacial score (nSPS) is 12.2. The number of alkyl halides is 1. The van der Waals surface area contributed by atoms with Crippen LogP contribution in [0.4, 0.5) is 0 Å². The Kier molecular flexibility index (Phi) is 4.14. The van der Waals surface area contributed by atoms with E-state index in [9.17, 15) is 4.79 Å². The van der Waals surface area contributed by atoms with Crippen molar-refractivity contribution in [3.8, 4) is 0 Å². The maximum Gasteiger partial charge on any atom is 0.307 e. The number of hydrogen-bond donors (Lipinski definition) is 0. The first kappa shape index (κ1) is 8.50. The van der Waals surface area contributed by atoms with Gasteiger partial charge in [-0.1, -0.05) is 6.08 Å². The Hall–Kier alpha value is -0.500. The fourth-order valence-electron chi connectivity index (χ4n) is 0.326. The molecule has 0 bridgehead atoms. The highest BCUT2D eigenvalue weighted by Crippen LogP contribution is 2.02. The van der Waals surface area contributed by atoms with Crippen LogP contribution in [0.1, 0.15) is 6.42 Å². The fourth-order valence-corrected chi connectivity index (χ4v) is 0.452. The molecular formula is C6H9ClO2. The smallest absolute Gasteiger partial charge is 0.307 e. The van der Waals surface area contributed by atoms with E-state index in [0.717, 1.165) is 0 Å². The Morgan fingerprint density at radius 3 is 2.89 bits per heavy atom. The lowest BCUT2D eigenvalue weighted by atomic mass is 10.3. The number of methoxy groups -OCH3 is 1. The summed E-state index contributed by atoms with van der Waals surface area (Å²) >= 11 is 5.52. The van der Waals surface area contributed by atoms with Crippen LogP contribution < -0.4 is 0 Å². The highest BCUT2D eigenvalue weighted by atomic mass is 35.5. The molecule has 2 nitrogen and oxygen atoms in total. The average molecular weight is 149 g/mol. The van der Waals surface area contributed by atoms with E-state index < -0.39 is 0 Å². The van der Waals surface area contributed by atoms with Gasteiger partial charge in [-0.15, -0.1) is 18.2 Å². The molecule has 3 heteroatoms. The number of rotatable bonds is 3. The second-order valence-electron chi connectivity index (χ2n) is 1.53. The number of ether oxygens (including phenoxy) is 1. The van der Waals surface area contributed by atoms with Crippen molar-refractivity contribution in [1.82, 2.24) is 0 Å². The molecule has 0 amide bonds. The van der Waals surface area contributed by atoms with Gasteiger partial charge in [-0.3, -0.25) is 4.79 Å². The van der Waals surface area contributed by atoms with Gasteiger partial charge in [0.05, 0.1) is 18.9 Å². The van der Waals surface area contributed by atoms with Gasteiger partial charge in [-0.05, 0) is 0 Å². The first-order valence-electron chi connectivity index (χ1n) is 2.54. The van der Waals surface area contributed by atoms with Crippen LogP contribution in [0, 0.1) is 0 Å². The third-order valence-corrected chi connectivity index (χ3v) is 1.18. The molecule has 0 fully saturated rings. The number of hydrogen-bond acceptors (Lipinski definition) is 2. The van der Waals surface area contributed by atoms with E-state index in [1.54, 1.807) is 0 Å². The van der Waals surface area contributed by atoms with Crippen LogP contribution >= 0.6 is 11.6 Å². The molecule has 0 heterocycles. The average Bonchev–Trinajstić information content (AvgIpc) is 1.87. The van der Waals surface area contributed by atoms with Gasteiger partial charge >= 0.3 is 5.97 Å². The molecule has 1 atom stereocenters. The summed E-state index contributed by atoms with van der Waals surface area (Å²) in [5.41, 5.74) is 0. The van der Waals surface area contributed by atoms with Gasteiger partial charge in [0.1, 0.15) is 0 Å². The van der Waals surface area contributed by atoms with E-state index in [-0.39, 0.29) is 17.8 Å². The van der Waals surface area contributed by atoms with Crippen LogP contribution in [0.2, 0.25) is 0 Å². The molecule has 9 heavy (non-hydrogen) atoms. The number of allylic oxidation sites excluding steroid dienone is 1. The summed E-state index contributed by atoms with van der Waals surface area (Å²) in [6, 6.07) is 0. The highest BCUT2D eigenvalue weighted by Gasteiger charge is 2.05. The SMILES string of the molecule is C=CC(Cl)CC(=O)OC. The quantitative estimate of drug-likeness (QED) is 0.343. The Morgan fingerprint density at radius 1 is 2.00 bits per heavy atom. The van der Waals surface area contributed by atoms with Crippen LogP contribution in [-0.4, -0.2) is 18.5 Å². The number of halogens is 1. The lowest BCUT2D eigenvalue weighted by Crippen LogP contribution is -2.06. The summed E-state index contributed by atoms with van der Waals surface area (Å²) in [6.07, 6.45) is 1.69. The van der Waals surface area contributed by atoms with Crippen molar-refractivity contribution in [3.63, 3.8) is 0 Å². The molecule has 0 aliphatic carbocycles. The topological polar surface area (TPSA) is 26.3 Å². The van der Waals surface area contributed by atoms with Crippen molar-refractivity contribution in [2.75, 3.05) is 7.11 Å². The molecule has 0 saturated carbocycles. The molecule has 0 aliphatic rings. The largest absolute Gasteiger partial charge is 0.469 e. The molecule has 0 spiro atoms. The van der Waals surface area contributed by atoms with Crippen LogP contribution in [0.3, 0.4) is 0 Å². The van der Waals surface area contributed by atoms with E-state index in [0.29, 0.717) is 0 Å². The highest BCUT2D eigenvalue weighted by molar-refractivity contribution is 6.22. The summed E-state index contributed by atoms with van der Waals surface area (Å²) in [4.78, 5) is 10.4. The van der Waals surface area contributed by atoms with Gasteiger partial charge in [-0.25, -0.2) is 0 Å². The van der Waals surface area contributed by atoms with Crippen LogP contribution in [-0.2, 0) is 9.53 Å². The minimum atomic E-state index is -0.310. The van der Waals surface area contributed by atoms with Crippen molar-refractivity contribution in [1.29, 1.82) is 0 Å². The van der Waals surface area contributed by atoms with Crippen molar-refractivity contribution in [3.05, 3.63) is 12.7 Å². The van der Waals surface area contributed by atoms with Crippen molar-refractivity contribution in [2.45, 2.75) is 11.8 Å². The zero-order valence-corrected chi connectivity index (χ0v) is 6.02. The molecule has 0 aromatic heterocycles. The number of esters is 1. The Balaban J connectivity index is 3.46. The second kappa shape index (κ2) is 4.39. The van der Waals surface area contributed by atoms with Crippen molar-refractivity contribution < 1.29 is 9.53 Å². The summed E-state index contributed by atoms with van der Waals surface area (Å²) in [7, 11) is 1.33. The number of carbonyl (C=O) groups excluding carboxylic acids is 1. The van der Waals surface area contributed by atoms with Gasteiger partial charge < -0.3 is 4.74 Å². The minimum Gasteiger partial charge on any atom is -0.469 e. The molecular weight excluding hydrogens is 140 g/mol. The van der Waals surface area contributed by atoms with Gasteiger partial charge in [-0.2, -0.15) is 0 Å². The molecule has 52 valence electrons. The lowest BCUT2D eigenvalue weighted by molar-refractivity contribution is -0.140. The van der Waals surface area contributed by atoms with Gasteiger partial charge in [0.2, 0.25) is 0 Å². The first-order valence-corrected chi connectivity index (χ1v) is 2.97. The van der Waals surface area contributed by atoms with Crippen molar-refractivity contribution in [2.24, 2.45) is 0 Å². The standard InChI is InChI=1S/C6H9ClO2/c1-3-5(7)4-6(8)9-2/h3,5H,1,4H2,2H3. The summed E-state index contributed by atoms with van der Waals surface area (Å²) in [6.45, 7) is 3.41. The summed E-state index contributed by atoms with van der Waals surface area (Å²) in [5, 5.41) is -0.308. The monoisotopic (exact) mass is 148 g/mol. The summed E-state index contributed by atoms with van der Waals surface area (Å²) < 4.78 is 4.35. The van der Waals surface area contributed by atoms with Gasteiger partial charge in [0, 0.05) is 0 Å². The fraction of sp³-hybridized carbons (Fsp3) is 0.500. The maximum atomic E-state index is 10.4. The first-order chi connectivity index (χ1) is 4.20. The maximum absolute atomic E-state index is 10.4. The predicted molar refractivity (Wildman–Crippen MR) is 36.5 cm³/mol. The predicted octanol–water partition coefficient (Wildman–Crippen LogP) is 1.34. The molecule has 0 aromatic rings. The van der Waals surface area contributed by atoms with E-state index in [4.69, 9.17) is 11.6 Å². The molecule has 0 saturated heterocycles. The van der Waals surface area contributed by atoms with E-state index in [1.165, 1.54) is 13.2 Å². The van der Waals surface area contributed by atoms with Crippen LogP contribution in [0.15, 0.2) is 12.7 Å². The Morgan fingerprint density at radius 2 is 2.56 bits per heavy atom. The lowest BCUT2D eigenvalue weighted by Gasteiger charge is -1.99. The van der Waals surface area contributed by atoms with E-state index in [2.05, 4.69) is 11.3 Å². The third-order valence-electron chi connectivity index (χ3n) is 0.845. The molecule has 0 aromatic carbocycles. The molecule has 0 aliphatic heterocycles. The molecule has 1 unspecified atom stereocenters. The zero-order chi connectivity index (χ0) is 7.28. The van der Waals surface area contributed by atoms with Gasteiger partial charge in [0.15, 0.2) is 0 Å². The van der Waals surface area contributed by atoms with E-state index >= 15 is 0 Å². The third kappa shape index (κ3) is 4.03. The molecule has 0 radical (unpaired) electrons. The van der Waals surface area contributed by atoms with Gasteiger partial charge in [0.25, 0.3) is 0 Å². The molecule has 0 N–H and O–H groups in total. The van der Waals surface area contributed by atoms with Crippen LogP contribution in [0.25, 0.3) is 0 Å². The zero-order valence-electron chi connectivity index (χ0n) is 5.26. The Labute approximate surface area is 59.5 Å². The number of carbonyl (C=O) groups is 1. The minimum absolute atomic E-state index is 0.196. The second-order valence-corrected chi connectivity index (χ2v) is 2.09. The van der Waals surface area contributed by atoms with Crippen molar-refractivity contribution >= 4 is 17.6 Å².